The van der Waals surface area contributed by atoms with Crippen molar-refractivity contribution in [2.75, 3.05) is 0 Å². The maximum absolute atomic E-state index is 11.4. The van der Waals surface area contributed by atoms with Gasteiger partial charge in [-0.05, 0) is 24.3 Å². The van der Waals surface area contributed by atoms with Crippen LogP contribution in [0.25, 0.3) is 10.8 Å². The lowest BCUT2D eigenvalue weighted by molar-refractivity contribution is -0.186. The van der Waals surface area contributed by atoms with E-state index in [1.54, 1.807) is 12.1 Å². The zero-order chi connectivity index (χ0) is 20.1. The van der Waals surface area contributed by atoms with E-state index < -0.39 is 30.2 Å². The van der Waals surface area contributed by atoms with Crippen molar-refractivity contribution in [1.29, 1.82) is 0 Å². The molecular weight excluding hydrogens is 356 g/mol. The van der Waals surface area contributed by atoms with Gasteiger partial charge in [0.15, 0.2) is 0 Å². The highest BCUT2D eigenvalue weighted by atomic mass is 16.7. The Morgan fingerprint density at radius 3 is 1.59 bits per heavy atom. The summed E-state index contributed by atoms with van der Waals surface area (Å²) >= 11 is 0. The highest BCUT2D eigenvalue weighted by Gasteiger charge is 2.20. The summed E-state index contributed by atoms with van der Waals surface area (Å²) in [7, 11) is 0. The second-order valence-electron chi connectivity index (χ2n) is 5.60. The van der Waals surface area contributed by atoms with E-state index in [1.807, 2.05) is 0 Å². The summed E-state index contributed by atoms with van der Waals surface area (Å²) in [6.45, 7) is 4.87. The minimum absolute atomic E-state index is 0.208. The maximum Gasteiger partial charge on any atom is 0.308 e. The van der Waals surface area contributed by atoms with Crippen LogP contribution < -0.4 is 9.47 Å². The predicted octanol–water partition coefficient (Wildman–Crippen LogP) is 2.82. The molecule has 0 radical (unpaired) electrons. The maximum atomic E-state index is 11.4. The molecule has 0 saturated heterocycles. The van der Waals surface area contributed by atoms with Crippen molar-refractivity contribution in [3.8, 4) is 11.5 Å². The highest BCUT2D eigenvalue weighted by Crippen LogP contribution is 2.36. The fourth-order valence-electron chi connectivity index (χ4n) is 2.41. The van der Waals surface area contributed by atoms with E-state index in [9.17, 15) is 19.2 Å². The van der Waals surface area contributed by atoms with Gasteiger partial charge < -0.3 is 18.9 Å². The average molecular weight is 374 g/mol. The van der Waals surface area contributed by atoms with Crippen molar-refractivity contribution in [1.82, 2.24) is 0 Å². The van der Waals surface area contributed by atoms with Crippen LogP contribution in [0, 0.1) is 0 Å². The molecule has 0 amide bonds. The Bertz CT molecular complexity index is 899. The second kappa shape index (κ2) is 8.31. The SMILES string of the molecule is CC(=O)Oc1ccc(OC(C)=O)c2cc(C(OC(C)=O)OC(C)=O)ccc12. The minimum Gasteiger partial charge on any atom is -0.426 e. The second-order valence-corrected chi connectivity index (χ2v) is 5.60. The lowest BCUT2D eigenvalue weighted by atomic mass is 10.0. The van der Waals surface area contributed by atoms with Crippen LogP contribution in [0.3, 0.4) is 0 Å². The Balaban J connectivity index is 2.62. The van der Waals surface area contributed by atoms with Gasteiger partial charge in [0, 0.05) is 44.0 Å². The van der Waals surface area contributed by atoms with Crippen molar-refractivity contribution in [3.63, 3.8) is 0 Å². The van der Waals surface area contributed by atoms with Crippen LogP contribution in [-0.4, -0.2) is 23.9 Å². The number of fused-ring (bicyclic) bond motifs is 1. The number of carbonyl (C=O) groups is 4. The van der Waals surface area contributed by atoms with Gasteiger partial charge in [-0.25, -0.2) is 0 Å². The standard InChI is InChI=1S/C19H18O8/c1-10(20)24-17-7-8-18(25-11(2)21)16-9-14(5-6-15(16)17)19(26-12(3)22)27-13(4)23/h5-9,19H,1-4H3. The van der Waals surface area contributed by atoms with Gasteiger partial charge in [-0.2, -0.15) is 0 Å². The van der Waals surface area contributed by atoms with Crippen LogP contribution in [-0.2, 0) is 28.7 Å². The molecule has 142 valence electrons. The van der Waals surface area contributed by atoms with Crippen molar-refractivity contribution >= 4 is 34.6 Å². The van der Waals surface area contributed by atoms with E-state index in [1.165, 1.54) is 45.9 Å². The summed E-state index contributed by atoms with van der Waals surface area (Å²) in [5.41, 5.74) is 0.335. The van der Waals surface area contributed by atoms with Gasteiger partial charge in [0.25, 0.3) is 6.29 Å². The molecule has 8 heteroatoms. The zero-order valence-electron chi connectivity index (χ0n) is 15.2. The van der Waals surface area contributed by atoms with E-state index in [4.69, 9.17) is 18.9 Å². The monoisotopic (exact) mass is 374 g/mol. The number of esters is 4. The van der Waals surface area contributed by atoms with Crippen LogP contribution in [0.1, 0.15) is 39.5 Å². The fraction of sp³-hybridized carbons (Fsp3) is 0.263. The quantitative estimate of drug-likeness (QED) is 0.447. The lowest BCUT2D eigenvalue weighted by Crippen LogP contribution is -2.15. The smallest absolute Gasteiger partial charge is 0.308 e. The van der Waals surface area contributed by atoms with Gasteiger partial charge in [0.05, 0.1) is 0 Å². The van der Waals surface area contributed by atoms with Crippen molar-refractivity contribution < 1.29 is 38.1 Å². The molecule has 0 atom stereocenters. The highest BCUT2D eigenvalue weighted by molar-refractivity contribution is 5.96. The van der Waals surface area contributed by atoms with Crippen LogP contribution >= 0.6 is 0 Å². The fourth-order valence-corrected chi connectivity index (χ4v) is 2.41. The lowest BCUT2D eigenvalue weighted by Gasteiger charge is -2.18. The van der Waals surface area contributed by atoms with Gasteiger partial charge in [0.1, 0.15) is 11.5 Å². The number of benzene rings is 2. The molecule has 0 unspecified atom stereocenters. The van der Waals surface area contributed by atoms with Gasteiger partial charge in [-0.15, -0.1) is 0 Å². The van der Waals surface area contributed by atoms with Crippen LogP contribution in [0.4, 0.5) is 0 Å². The molecule has 0 heterocycles. The van der Waals surface area contributed by atoms with E-state index in [2.05, 4.69) is 0 Å². The Kier molecular flexibility index (Phi) is 6.12. The summed E-state index contributed by atoms with van der Waals surface area (Å²) in [6.07, 6.45) is -1.27. The summed E-state index contributed by atoms with van der Waals surface area (Å²) in [4.78, 5) is 45.3. The van der Waals surface area contributed by atoms with E-state index in [-0.39, 0.29) is 11.5 Å². The molecule has 0 aliphatic rings. The van der Waals surface area contributed by atoms with Crippen molar-refractivity contribution in [3.05, 3.63) is 35.9 Å². The Morgan fingerprint density at radius 2 is 1.15 bits per heavy atom. The first kappa shape index (κ1) is 19.9. The van der Waals surface area contributed by atoms with Crippen LogP contribution in [0.15, 0.2) is 30.3 Å². The normalized spacial score (nSPS) is 10.4. The number of carbonyl (C=O) groups excluding carboxylic acids is 4. The number of hydrogen-bond donors (Lipinski definition) is 0. The van der Waals surface area contributed by atoms with Crippen LogP contribution in [0.2, 0.25) is 0 Å². The molecule has 0 N–H and O–H groups in total. The minimum atomic E-state index is -1.27. The largest absolute Gasteiger partial charge is 0.426 e. The van der Waals surface area contributed by atoms with E-state index >= 15 is 0 Å². The van der Waals surface area contributed by atoms with E-state index in [0.29, 0.717) is 16.3 Å². The Morgan fingerprint density at radius 1 is 0.667 bits per heavy atom. The number of rotatable bonds is 5. The molecule has 0 aliphatic heterocycles. The summed E-state index contributed by atoms with van der Waals surface area (Å²) in [5, 5.41) is 0.892. The predicted molar refractivity (Wildman–Crippen MR) is 92.8 cm³/mol. The third kappa shape index (κ3) is 5.27. The first-order valence-electron chi connectivity index (χ1n) is 7.95. The molecular formula is C19H18O8. The average Bonchev–Trinajstić information content (AvgIpc) is 2.54. The number of hydrogen-bond acceptors (Lipinski definition) is 8. The summed E-state index contributed by atoms with van der Waals surface area (Å²) in [6, 6.07) is 7.62. The van der Waals surface area contributed by atoms with Gasteiger partial charge >= 0.3 is 23.9 Å². The Hall–Kier alpha value is -3.42. The Labute approximate surface area is 154 Å². The molecule has 0 saturated carbocycles. The molecule has 0 fully saturated rings. The number of ether oxygens (including phenoxy) is 4. The molecule has 2 aromatic rings. The molecule has 0 spiro atoms. The molecule has 0 bridgehead atoms. The third-order valence-electron chi connectivity index (χ3n) is 3.29. The first-order valence-corrected chi connectivity index (χ1v) is 7.95. The zero-order valence-corrected chi connectivity index (χ0v) is 15.2. The van der Waals surface area contributed by atoms with Gasteiger partial charge in [-0.1, -0.05) is 6.07 Å². The van der Waals surface area contributed by atoms with Crippen molar-refractivity contribution in [2.45, 2.75) is 34.0 Å². The van der Waals surface area contributed by atoms with Crippen molar-refractivity contribution in [2.24, 2.45) is 0 Å². The molecule has 0 aromatic heterocycles. The third-order valence-corrected chi connectivity index (χ3v) is 3.29. The van der Waals surface area contributed by atoms with Gasteiger partial charge in [0.2, 0.25) is 0 Å². The molecule has 8 nitrogen and oxygen atoms in total. The first-order chi connectivity index (χ1) is 12.7. The topological polar surface area (TPSA) is 105 Å². The van der Waals surface area contributed by atoms with E-state index in [0.717, 1.165) is 0 Å². The van der Waals surface area contributed by atoms with Crippen LogP contribution in [0.5, 0.6) is 11.5 Å². The summed E-state index contributed by atoms with van der Waals surface area (Å²) in [5.74, 6) is -1.88. The molecule has 2 rings (SSSR count). The molecule has 27 heavy (non-hydrogen) atoms. The van der Waals surface area contributed by atoms with Gasteiger partial charge in [-0.3, -0.25) is 19.2 Å². The molecule has 2 aromatic carbocycles. The molecule has 0 aliphatic carbocycles. The summed E-state index contributed by atoms with van der Waals surface area (Å²) < 4.78 is 20.4.